The highest BCUT2D eigenvalue weighted by Crippen LogP contribution is 2.35. The summed E-state index contributed by atoms with van der Waals surface area (Å²) in [6.07, 6.45) is 5.35. The molecule has 0 amide bonds. The molecule has 0 bridgehead atoms. The van der Waals surface area contributed by atoms with E-state index in [9.17, 15) is 0 Å². The Hall–Kier alpha value is 1.00. The van der Waals surface area contributed by atoms with E-state index in [0.717, 1.165) is 16.1 Å². The molecule has 3 atom stereocenters. The highest BCUT2D eigenvalue weighted by molar-refractivity contribution is 14.1. The van der Waals surface area contributed by atoms with Crippen molar-refractivity contribution in [2.75, 3.05) is 0 Å². The maximum atomic E-state index is 5.61. The van der Waals surface area contributed by atoms with Crippen molar-refractivity contribution in [3.8, 4) is 0 Å². The summed E-state index contributed by atoms with van der Waals surface area (Å²) in [6, 6.07) is 0. The van der Waals surface area contributed by atoms with Crippen LogP contribution in [0.3, 0.4) is 0 Å². The van der Waals surface area contributed by atoms with Gasteiger partial charge in [0.1, 0.15) is 0 Å². The molecule has 94 valence electrons. The number of hydrogen-bond donors (Lipinski definition) is 0. The van der Waals surface area contributed by atoms with E-state index in [0.29, 0.717) is 15.4 Å². The van der Waals surface area contributed by atoms with Crippen LogP contribution in [0.25, 0.3) is 0 Å². The molecule has 16 heavy (non-hydrogen) atoms. The van der Waals surface area contributed by atoms with E-state index >= 15 is 0 Å². The molecule has 0 aliphatic carbocycles. The van der Waals surface area contributed by atoms with E-state index in [4.69, 9.17) is 4.74 Å². The third-order valence-electron chi connectivity index (χ3n) is 2.96. The van der Waals surface area contributed by atoms with E-state index in [1.54, 1.807) is 0 Å². The van der Waals surface area contributed by atoms with Gasteiger partial charge in [-0.2, -0.15) is 0 Å². The molecular formula is C13H22I2O. The lowest BCUT2D eigenvalue weighted by atomic mass is 9.95. The number of ether oxygens (including phenoxy) is 1. The van der Waals surface area contributed by atoms with Gasteiger partial charge in [0.15, 0.2) is 0 Å². The first-order valence-electron chi connectivity index (χ1n) is 5.96. The maximum absolute atomic E-state index is 5.61. The average Bonchev–Trinajstić information content (AvgIpc) is 2.38. The van der Waals surface area contributed by atoms with Crippen molar-refractivity contribution in [3.05, 3.63) is 12.3 Å². The maximum Gasteiger partial charge on any atom is 0.0961 e. The molecule has 2 unspecified atom stereocenters. The first-order chi connectivity index (χ1) is 7.28. The fourth-order valence-electron chi connectivity index (χ4n) is 2.22. The number of hydrogen-bond acceptors (Lipinski definition) is 1. The van der Waals surface area contributed by atoms with Gasteiger partial charge in [-0.05, 0) is 32.6 Å². The van der Waals surface area contributed by atoms with Gasteiger partial charge in [0.05, 0.1) is 11.9 Å². The quantitative estimate of drug-likeness (QED) is 0.420. The van der Waals surface area contributed by atoms with Crippen molar-refractivity contribution in [3.63, 3.8) is 0 Å². The van der Waals surface area contributed by atoms with Gasteiger partial charge in [-0.15, -0.1) is 0 Å². The predicted octanol–water partition coefficient (Wildman–Crippen LogP) is 5.11. The second kappa shape index (κ2) is 6.25. The van der Waals surface area contributed by atoms with Crippen molar-refractivity contribution in [1.29, 1.82) is 0 Å². The zero-order chi connectivity index (χ0) is 12.3. The van der Waals surface area contributed by atoms with Gasteiger partial charge in [-0.1, -0.05) is 65.6 Å². The highest BCUT2D eigenvalue weighted by atomic mass is 127. The SMILES string of the molecule is C=C1OC(C)C[C@H]1CCC(I)CC(C)(C)I. The third-order valence-corrected chi connectivity index (χ3v) is 4.46. The highest BCUT2D eigenvalue weighted by Gasteiger charge is 2.27. The Kier molecular flexibility index (Phi) is 5.88. The number of rotatable bonds is 5. The second-order valence-electron chi connectivity index (χ2n) is 5.42. The Balaban J connectivity index is 2.27. The summed E-state index contributed by atoms with van der Waals surface area (Å²) >= 11 is 5.13. The first-order valence-corrected chi connectivity index (χ1v) is 8.29. The first kappa shape index (κ1) is 15.1. The minimum Gasteiger partial charge on any atom is -0.495 e. The largest absolute Gasteiger partial charge is 0.495 e. The van der Waals surface area contributed by atoms with E-state index < -0.39 is 0 Å². The Labute approximate surface area is 127 Å². The number of allylic oxidation sites excluding steroid dienone is 1. The minimum atomic E-state index is 0.381. The molecule has 1 aliphatic rings. The molecule has 0 aromatic heterocycles. The zero-order valence-corrected chi connectivity index (χ0v) is 14.7. The van der Waals surface area contributed by atoms with Crippen LogP contribution in [0, 0.1) is 5.92 Å². The lowest BCUT2D eigenvalue weighted by molar-refractivity contribution is 0.178. The molecule has 1 rings (SSSR count). The lowest BCUT2D eigenvalue weighted by Gasteiger charge is -2.21. The average molecular weight is 448 g/mol. The zero-order valence-electron chi connectivity index (χ0n) is 10.4. The Morgan fingerprint density at radius 3 is 2.62 bits per heavy atom. The van der Waals surface area contributed by atoms with Crippen molar-refractivity contribution < 1.29 is 4.74 Å². The third kappa shape index (κ3) is 5.56. The summed E-state index contributed by atoms with van der Waals surface area (Å²) in [5, 5.41) is 0. The van der Waals surface area contributed by atoms with Gasteiger partial charge < -0.3 is 4.74 Å². The molecule has 0 aromatic rings. The van der Waals surface area contributed by atoms with E-state index in [1.807, 2.05) is 0 Å². The van der Waals surface area contributed by atoms with Crippen LogP contribution in [0.2, 0.25) is 0 Å². The van der Waals surface area contributed by atoms with Crippen LogP contribution < -0.4 is 0 Å². The molecule has 1 nitrogen and oxygen atoms in total. The molecule has 0 saturated carbocycles. The fraction of sp³-hybridized carbons (Fsp3) is 0.846. The molecule has 3 heteroatoms. The van der Waals surface area contributed by atoms with Gasteiger partial charge in [-0.3, -0.25) is 0 Å². The van der Waals surface area contributed by atoms with Crippen LogP contribution >= 0.6 is 45.2 Å². The Morgan fingerprint density at radius 1 is 1.56 bits per heavy atom. The summed E-state index contributed by atoms with van der Waals surface area (Å²) in [6.45, 7) is 10.8. The van der Waals surface area contributed by atoms with Crippen LogP contribution in [-0.2, 0) is 4.74 Å². The summed E-state index contributed by atoms with van der Waals surface area (Å²) in [5.41, 5.74) is 0. The fourth-order valence-corrected chi connectivity index (χ4v) is 5.06. The van der Waals surface area contributed by atoms with Gasteiger partial charge in [0.2, 0.25) is 0 Å². The van der Waals surface area contributed by atoms with Gasteiger partial charge in [0, 0.05) is 13.3 Å². The molecule has 0 spiro atoms. The lowest BCUT2D eigenvalue weighted by Crippen LogP contribution is -2.16. The van der Waals surface area contributed by atoms with E-state index in [1.165, 1.54) is 19.3 Å². The van der Waals surface area contributed by atoms with Gasteiger partial charge in [0.25, 0.3) is 0 Å². The van der Waals surface area contributed by atoms with Crippen molar-refractivity contribution in [2.45, 2.75) is 59.9 Å². The summed E-state index contributed by atoms with van der Waals surface area (Å²) in [4.78, 5) is 0. The molecule has 0 aromatic carbocycles. The molecule has 1 saturated heterocycles. The van der Waals surface area contributed by atoms with Crippen LogP contribution in [0.5, 0.6) is 0 Å². The van der Waals surface area contributed by atoms with Crippen LogP contribution in [0.1, 0.15) is 46.5 Å². The monoisotopic (exact) mass is 448 g/mol. The van der Waals surface area contributed by atoms with Gasteiger partial charge >= 0.3 is 0 Å². The van der Waals surface area contributed by atoms with E-state index in [-0.39, 0.29) is 0 Å². The molecule has 0 radical (unpaired) electrons. The Bertz CT molecular complexity index is 245. The van der Waals surface area contributed by atoms with Crippen LogP contribution in [-0.4, -0.2) is 13.5 Å². The molecule has 1 fully saturated rings. The van der Waals surface area contributed by atoms with E-state index in [2.05, 4.69) is 72.5 Å². The normalized spacial score (nSPS) is 27.9. The van der Waals surface area contributed by atoms with Crippen molar-refractivity contribution in [1.82, 2.24) is 0 Å². The summed E-state index contributed by atoms with van der Waals surface area (Å²) in [7, 11) is 0. The topological polar surface area (TPSA) is 9.23 Å². The van der Waals surface area contributed by atoms with Crippen LogP contribution in [0.4, 0.5) is 0 Å². The van der Waals surface area contributed by atoms with Gasteiger partial charge in [-0.25, -0.2) is 0 Å². The molecular weight excluding hydrogens is 426 g/mol. The van der Waals surface area contributed by atoms with Crippen molar-refractivity contribution >= 4 is 45.2 Å². The summed E-state index contributed by atoms with van der Waals surface area (Å²) < 4.78 is 6.80. The molecule has 1 aliphatic heterocycles. The van der Waals surface area contributed by atoms with Crippen molar-refractivity contribution in [2.24, 2.45) is 5.92 Å². The number of alkyl halides is 2. The smallest absolute Gasteiger partial charge is 0.0961 e. The standard InChI is InChI=1S/C13H22I2O/c1-9-7-11(10(2)16-9)5-6-12(14)8-13(3,4)15/h9,11-12H,2,5-8H2,1,3-4H3/t9?,11-,12?/m1/s1. The second-order valence-corrected chi connectivity index (χ2v) is 10.1. The number of halogens is 2. The van der Waals surface area contributed by atoms with Crippen LogP contribution in [0.15, 0.2) is 12.3 Å². The predicted molar refractivity (Wildman–Crippen MR) is 87.6 cm³/mol. The minimum absolute atomic E-state index is 0.381. The summed E-state index contributed by atoms with van der Waals surface area (Å²) in [5.74, 6) is 1.62. The molecule has 1 heterocycles. The Morgan fingerprint density at radius 2 is 2.19 bits per heavy atom. The molecule has 0 N–H and O–H groups in total.